The lowest BCUT2D eigenvalue weighted by Crippen LogP contribution is -2.28. The average molecular weight is 154 g/mol. The van der Waals surface area contributed by atoms with E-state index in [1.54, 1.807) is 11.2 Å². The summed E-state index contributed by atoms with van der Waals surface area (Å²) in [6.45, 7) is 0.861. The SMILES string of the molecule is CN(N)CCc1ccnn1C. The second-order valence-corrected chi connectivity index (χ2v) is 2.68. The molecule has 0 unspecified atom stereocenters. The van der Waals surface area contributed by atoms with Crippen molar-refractivity contribution in [3.05, 3.63) is 18.0 Å². The molecular weight excluding hydrogens is 140 g/mol. The Morgan fingerprint density at radius 2 is 2.45 bits per heavy atom. The summed E-state index contributed by atoms with van der Waals surface area (Å²) in [7, 11) is 3.79. The molecule has 0 aliphatic rings. The largest absolute Gasteiger partial charge is 0.273 e. The van der Waals surface area contributed by atoms with E-state index in [1.807, 2.05) is 24.8 Å². The van der Waals surface area contributed by atoms with Gasteiger partial charge in [0.05, 0.1) is 0 Å². The molecule has 0 bridgehead atoms. The summed E-state index contributed by atoms with van der Waals surface area (Å²) in [4.78, 5) is 0. The van der Waals surface area contributed by atoms with Gasteiger partial charge in [-0.05, 0) is 6.07 Å². The summed E-state index contributed by atoms with van der Waals surface area (Å²) in [5.74, 6) is 5.46. The van der Waals surface area contributed by atoms with Gasteiger partial charge in [0, 0.05) is 39.0 Å². The predicted octanol–water partition coefficient (Wildman–Crippen LogP) is -0.232. The molecule has 1 heterocycles. The minimum absolute atomic E-state index is 0.861. The number of nitrogens with two attached hydrogens (primary N) is 1. The van der Waals surface area contributed by atoms with Gasteiger partial charge < -0.3 is 0 Å². The van der Waals surface area contributed by atoms with Gasteiger partial charge in [0.25, 0.3) is 0 Å². The number of likely N-dealkylation sites (N-methyl/N-ethyl adjacent to an activating group) is 1. The third kappa shape index (κ3) is 2.32. The van der Waals surface area contributed by atoms with Gasteiger partial charge in [-0.2, -0.15) is 5.10 Å². The van der Waals surface area contributed by atoms with Crippen LogP contribution < -0.4 is 5.84 Å². The van der Waals surface area contributed by atoms with Crippen molar-refractivity contribution in [2.75, 3.05) is 13.6 Å². The number of hydrazine groups is 1. The van der Waals surface area contributed by atoms with Gasteiger partial charge in [-0.1, -0.05) is 0 Å². The van der Waals surface area contributed by atoms with Crippen LogP contribution >= 0.6 is 0 Å². The highest BCUT2D eigenvalue weighted by Gasteiger charge is 1.98. The van der Waals surface area contributed by atoms with Gasteiger partial charge >= 0.3 is 0 Å². The fourth-order valence-corrected chi connectivity index (χ4v) is 0.937. The summed E-state index contributed by atoms with van der Waals surface area (Å²) in [5.41, 5.74) is 1.21. The first kappa shape index (κ1) is 8.23. The van der Waals surface area contributed by atoms with Gasteiger partial charge in [-0.3, -0.25) is 10.5 Å². The molecule has 0 amide bonds. The molecule has 0 saturated heterocycles. The number of aromatic nitrogens is 2. The van der Waals surface area contributed by atoms with Crippen LogP contribution in [0, 0.1) is 0 Å². The molecule has 0 aromatic carbocycles. The van der Waals surface area contributed by atoms with Crippen LogP contribution in [-0.4, -0.2) is 28.4 Å². The van der Waals surface area contributed by atoms with Gasteiger partial charge in [-0.25, -0.2) is 5.01 Å². The van der Waals surface area contributed by atoms with Crippen LogP contribution in [0.2, 0.25) is 0 Å². The van der Waals surface area contributed by atoms with Crippen molar-refractivity contribution in [2.45, 2.75) is 6.42 Å². The average Bonchev–Trinajstić information content (AvgIpc) is 2.31. The zero-order chi connectivity index (χ0) is 8.27. The quantitative estimate of drug-likeness (QED) is 0.483. The monoisotopic (exact) mass is 154 g/mol. The smallest absolute Gasteiger partial charge is 0.0492 e. The van der Waals surface area contributed by atoms with E-state index in [9.17, 15) is 0 Å². The third-order valence-electron chi connectivity index (χ3n) is 1.64. The molecular formula is C7H14N4. The molecule has 0 saturated carbocycles. The van der Waals surface area contributed by atoms with E-state index in [2.05, 4.69) is 5.10 Å². The van der Waals surface area contributed by atoms with E-state index in [-0.39, 0.29) is 0 Å². The molecule has 0 radical (unpaired) electrons. The summed E-state index contributed by atoms with van der Waals surface area (Å²) in [5, 5.41) is 5.73. The Hall–Kier alpha value is -0.870. The Kier molecular flexibility index (Phi) is 2.62. The van der Waals surface area contributed by atoms with Crippen LogP contribution in [0.1, 0.15) is 5.69 Å². The Labute approximate surface area is 66.6 Å². The topological polar surface area (TPSA) is 47.1 Å². The van der Waals surface area contributed by atoms with E-state index in [4.69, 9.17) is 5.84 Å². The second kappa shape index (κ2) is 3.50. The Morgan fingerprint density at radius 3 is 2.91 bits per heavy atom. The molecule has 0 atom stereocenters. The standard InChI is InChI=1S/C7H14N4/c1-10(8)6-4-7-3-5-9-11(7)2/h3,5H,4,6,8H2,1-2H3. The van der Waals surface area contributed by atoms with Crippen molar-refractivity contribution in [1.29, 1.82) is 0 Å². The molecule has 0 spiro atoms. The fraction of sp³-hybridized carbons (Fsp3) is 0.571. The van der Waals surface area contributed by atoms with Crippen molar-refractivity contribution < 1.29 is 0 Å². The molecule has 4 nitrogen and oxygen atoms in total. The molecule has 11 heavy (non-hydrogen) atoms. The maximum Gasteiger partial charge on any atom is 0.0492 e. The lowest BCUT2D eigenvalue weighted by molar-refractivity contribution is 0.350. The highest BCUT2D eigenvalue weighted by atomic mass is 15.4. The van der Waals surface area contributed by atoms with E-state index < -0.39 is 0 Å². The Morgan fingerprint density at radius 1 is 1.73 bits per heavy atom. The van der Waals surface area contributed by atoms with Crippen molar-refractivity contribution >= 4 is 0 Å². The summed E-state index contributed by atoms with van der Waals surface area (Å²) >= 11 is 0. The van der Waals surface area contributed by atoms with Crippen LogP contribution in [-0.2, 0) is 13.5 Å². The van der Waals surface area contributed by atoms with E-state index >= 15 is 0 Å². The minimum atomic E-state index is 0.861. The lowest BCUT2D eigenvalue weighted by Gasteiger charge is -2.08. The molecule has 1 rings (SSSR count). The fourth-order valence-electron chi connectivity index (χ4n) is 0.937. The summed E-state index contributed by atoms with van der Waals surface area (Å²) in [6.07, 6.45) is 2.75. The van der Waals surface area contributed by atoms with Crippen molar-refractivity contribution in [3.63, 3.8) is 0 Å². The molecule has 0 fully saturated rings. The first-order valence-electron chi connectivity index (χ1n) is 3.63. The first-order valence-corrected chi connectivity index (χ1v) is 3.63. The highest BCUT2D eigenvalue weighted by Crippen LogP contribution is 1.96. The summed E-state index contributed by atoms with van der Waals surface area (Å²) < 4.78 is 1.86. The third-order valence-corrected chi connectivity index (χ3v) is 1.64. The van der Waals surface area contributed by atoms with Gasteiger partial charge in [-0.15, -0.1) is 0 Å². The van der Waals surface area contributed by atoms with Crippen molar-refractivity contribution in [1.82, 2.24) is 14.8 Å². The maximum absolute atomic E-state index is 5.46. The highest BCUT2D eigenvalue weighted by molar-refractivity contribution is 4.99. The summed E-state index contributed by atoms with van der Waals surface area (Å²) in [6, 6.07) is 2.00. The number of nitrogens with zero attached hydrogens (tertiary/aromatic N) is 3. The maximum atomic E-state index is 5.46. The van der Waals surface area contributed by atoms with Crippen LogP contribution in [0.25, 0.3) is 0 Å². The van der Waals surface area contributed by atoms with Crippen LogP contribution in [0.5, 0.6) is 0 Å². The molecule has 2 N–H and O–H groups in total. The van der Waals surface area contributed by atoms with Crippen LogP contribution in [0.3, 0.4) is 0 Å². The van der Waals surface area contributed by atoms with Crippen LogP contribution in [0.15, 0.2) is 12.3 Å². The first-order chi connectivity index (χ1) is 5.20. The van der Waals surface area contributed by atoms with Crippen LogP contribution in [0.4, 0.5) is 0 Å². The van der Waals surface area contributed by atoms with Gasteiger partial charge in [0.2, 0.25) is 0 Å². The Bertz CT molecular complexity index is 216. The zero-order valence-corrected chi connectivity index (χ0v) is 6.99. The van der Waals surface area contributed by atoms with E-state index in [1.165, 1.54) is 5.69 Å². The number of hydrogen-bond acceptors (Lipinski definition) is 3. The second-order valence-electron chi connectivity index (χ2n) is 2.68. The lowest BCUT2D eigenvalue weighted by atomic mass is 10.3. The predicted molar refractivity (Wildman–Crippen MR) is 43.7 cm³/mol. The van der Waals surface area contributed by atoms with Gasteiger partial charge in [0.15, 0.2) is 0 Å². The molecule has 1 aromatic rings. The van der Waals surface area contributed by atoms with Crippen molar-refractivity contribution in [3.8, 4) is 0 Å². The molecule has 4 heteroatoms. The molecule has 62 valence electrons. The zero-order valence-electron chi connectivity index (χ0n) is 6.99. The van der Waals surface area contributed by atoms with Crippen molar-refractivity contribution in [2.24, 2.45) is 12.9 Å². The van der Waals surface area contributed by atoms with E-state index in [0.29, 0.717) is 0 Å². The minimum Gasteiger partial charge on any atom is -0.273 e. The molecule has 1 aromatic heterocycles. The normalized spacial score (nSPS) is 10.9. The molecule has 0 aliphatic heterocycles. The number of hydrogen-bond donors (Lipinski definition) is 1. The van der Waals surface area contributed by atoms with E-state index in [0.717, 1.165) is 13.0 Å². The molecule has 0 aliphatic carbocycles. The number of rotatable bonds is 3. The Balaban J connectivity index is 2.44. The number of aryl methyl sites for hydroxylation is 1. The van der Waals surface area contributed by atoms with Gasteiger partial charge in [0.1, 0.15) is 0 Å².